The van der Waals surface area contributed by atoms with Gasteiger partial charge in [-0.1, -0.05) is 69.3 Å². The first-order chi connectivity index (χ1) is 16.8. The van der Waals surface area contributed by atoms with E-state index in [4.69, 9.17) is 4.74 Å². The second-order valence-electron chi connectivity index (χ2n) is 10.2. The standard InChI is InChI=1S/C28H34N2O5/c1-17(2)14-24(26(31)30-13-12-18(3)15-25(30)27(32)33)29-28(34)35-16-23-21-10-6-4-8-19(21)20-9-5-7-11-22(20)23/h4-11,17-18,23-25H,12-16H2,1-3H3,(H,29,34)(H,32,33)/t18?,24-,25?/m0/s1. The minimum Gasteiger partial charge on any atom is -0.480 e. The topological polar surface area (TPSA) is 95.9 Å². The summed E-state index contributed by atoms with van der Waals surface area (Å²) in [5, 5.41) is 12.4. The van der Waals surface area contributed by atoms with Crippen LogP contribution in [0.3, 0.4) is 0 Å². The Hall–Kier alpha value is -3.35. The molecule has 1 aliphatic carbocycles. The maximum absolute atomic E-state index is 13.4. The number of likely N-dealkylation sites (tertiary alicyclic amines) is 1. The quantitative estimate of drug-likeness (QED) is 0.604. The van der Waals surface area contributed by atoms with Crippen LogP contribution >= 0.6 is 0 Å². The SMILES string of the molecule is CC(C)C[C@H](NC(=O)OCC1c2ccccc2-c2ccccc21)C(=O)N1CCC(C)CC1C(=O)O. The van der Waals surface area contributed by atoms with Crippen molar-refractivity contribution in [1.29, 1.82) is 0 Å². The summed E-state index contributed by atoms with van der Waals surface area (Å²) in [5.41, 5.74) is 4.51. The van der Waals surface area contributed by atoms with Gasteiger partial charge in [0.2, 0.25) is 5.91 Å². The number of carbonyl (C=O) groups is 3. The summed E-state index contributed by atoms with van der Waals surface area (Å²) < 4.78 is 5.64. The van der Waals surface area contributed by atoms with Gasteiger partial charge in [-0.25, -0.2) is 9.59 Å². The molecule has 1 fully saturated rings. The molecule has 0 saturated carbocycles. The molecular formula is C28H34N2O5. The van der Waals surface area contributed by atoms with E-state index in [1.165, 1.54) is 4.90 Å². The van der Waals surface area contributed by atoms with Crippen LogP contribution < -0.4 is 5.32 Å². The first-order valence-corrected chi connectivity index (χ1v) is 12.4. The number of amides is 2. The number of hydrogen-bond acceptors (Lipinski definition) is 4. The fourth-order valence-electron chi connectivity index (χ4n) is 5.31. The number of rotatable bonds is 7. The number of fused-ring (bicyclic) bond motifs is 3. The lowest BCUT2D eigenvalue weighted by Gasteiger charge is -2.38. The maximum Gasteiger partial charge on any atom is 0.407 e. The Bertz CT molecular complexity index is 1050. The Balaban J connectivity index is 1.45. The van der Waals surface area contributed by atoms with Crippen molar-refractivity contribution in [1.82, 2.24) is 10.2 Å². The summed E-state index contributed by atoms with van der Waals surface area (Å²) in [6.45, 7) is 6.46. The molecule has 7 heteroatoms. The Kier molecular flexibility index (Phi) is 7.43. The molecule has 2 unspecified atom stereocenters. The molecule has 0 aromatic heterocycles. The van der Waals surface area contributed by atoms with Gasteiger partial charge < -0.3 is 20.1 Å². The van der Waals surface area contributed by atoms with Crippen molar-refractivity contribution in [2.45, 2.75) is 58.0 Å². The fourth-order valence-corrected chi connectivity index (χ4v) is 5.31. The van der Waals surface area contributed by atoms with Crippen LogP contribution in [-0.4, -0.2) is 53.2 Å². The van der Waals surface area contributed by atoms with E-state index in [0.717, 1.165) is 28.7 Å². The van der Waals surface area contributed by atoms with Crippen molar-refractivity contribution in [2.75, 3.05) is 13.2 Å². The molecule has 4 rings (SSSR count). The average molecular weight is 479 g/mol. The van der Waals surface area contributed by atoms with Gasteiger partial charge in [-0.3, -0.25) is 4.79 Å². The van der Waals surface area contributed by atoms with Gasteiger partial charge in [-0.2, -0.15) is 0 Å². The molecular weight excluding hydrogens is 444 g/mol. The van der Waals surface area contributed by atoms with E-state index in [1.54, 1.807) is 0 Å². The third-order valence-corrected chi connectivity index (χ3v) is 7.07. The van der Waals surface area contributed by atoms with E-state index < -0.39 is 24.1 Å². The summed E-state index contributed by atoms with van der Waals surface area (Å²) in [6.07, 6.45) is 0.902. The van der Waals surface area contributed by atoms with Gasteiger partial charge in [0.1, 0.15) is 18.7 Å². The first kappa shape index (κ1) is 24.8. The molecule has 186 valence electrons. The average Bonchev–Trinajstić information content (AvgIpc) is 3.15. The molecule has 0 radical (unpaired) electrons. The smallest absolute Gasteiger partial charge is 0.407 e. The molecule has 1 heterocycles. The zero-order chi connectivity index (χ0) is 25.1. The predicted octanol–water partition coefficient (Wildman–Crippen LogP) is 4.65. The number of carboxylic acid groups (broad SMARTS) is 1. The first-order valence-electron chi connectivity index (χ1n) is 12.4. The lowest BCUT2D eigenvalue weighted by atomic mass is 9.91. The molecule has 2 aromatic carbocycles. The third-order valence-electron chi connectivity index (χ3n) is 7.07. The van der Waals surface area contributed by atoms with Gasteiger partial charge in [0, 0.05) is 12.5 Å². The number of nitrogens with zero attached hydrogens (tertiary/aromatic N) is 1. The van der Waals surface area contributed by atoms with E-state index in [1.807, 2.05) is 45.0 Å². The van der Waals surface area contributed by atoms with Crippen LogP contribution in [-0.2, 0) is 14.3 Å². The molecule has 0 spiro atoms. The zero-order valence-electron chi connectivity index (χ0n) is 20.6. The second kappa shape index (κ2) is 10.5. The number of ether oxygens (including phenoxy) is 1. The van der Waals surface area contributed by atoms with Crippen molar-refractivity contribution in [3.8, 4) is 11.1 Å². The molecule has 1 saturated heterocycles. The molecule has 2 aliphatic rings. The highest BCUT2D eigenvalue weighted by atomic mass is 16.5. The molecule has 2 aromatic rings. The minimum absolute atomic E-state index is 0.0765. The monoisotopic (exact) mass is 478 g/mol. The Morgan fingerprint density at radius 3 is 2.23 bits per heavy atom. The Morgan fingerprint density at radius 1 is 1.06 bits per heavy atom. The van der Waals surface area contributed by atoms with Crippen LogP contribution in [0.1, 0.15) is 57.1 Å². The molecule has 0 bridgehead atoms. The molecule has 3 atom stereocenters. The van der Waals surface area contributed by atoms with E-state index in [0.29, 0.717) is 19.4 Å². The van der Waals surface area contributed by atoms with Gasteiger partial charge in [-0.15, -0.1) is 0 Å². The summed E-state index contributed by atoms with van der Waals surface area (Å²) in [5.74, 6) is -1.07. The number of piperidine rings is 1. The lowest BCUT2D eigenvalue weighted by Crippen LogP contribution is -2.56. The second-order valence-corrected chi connectivity index (χ2v) is 10.2. The van der Waals surface area contributed by atoms with E-state index in [-0.39, 0.29) is 30.3 Å². The fraction of sp³-hybridized carbons (Fsp3) is 0.464. The van der Waals surface area contributed by atoms with Gasteiger partial charge in [0.25, 0.3) is 0 Å². The van der Waals surface area contributed by atoms with Gasteiger partial charge in [-0.05, 0) is 53.4 Å². The predicted molar refractivity (Wildman–Crippen MR) is 133 cm³/mol. The minimum atomic E-state index is -1.01. The normalized spacial score (nSPS) is 20.2. The van der Waals surface area contributed by atoms with E-state index >= 15 is 0 Å². The number of carboxylic acids is 1. The Labute approximate surface area is 206 Å². The maximum atomic E-state index is 13.4. The van der Waals surface area contributed by atoms with E-state index in [2.05, 4.69) is 29.6 Å². The lowest BCUT2D eigenvalue weighted by molar-refractivity contribution is -0.154. The molecule has 35 heavy (non-hydrogen) atoms. The number of hydrogen-bond donors (Lipinski definition) is 2. The van der Waals surface area contributed by atoms with Crippen molar-refractivity contribution in [3.05, 3.63) is 59.7 Å². The highest BCUT2D eigenvalue weighted by Crippen LogP contribution is 2.44. The zero-order valence-corrected chi connectivity index (χ0v) is 20.6. The number of benzene rings is 2. The summed E-state index contributed by atoms with van der Waals surface area (Å²) in [6, 6.07) is 14.5. The number of aliphatic carboxylic acids is 1. The summed E-state index contributed by atoms with van der Waals surface area (Å²) in [7, 11) is 0. The number of nitrogens with one attached hydrogen (secondary N) is 1. The molecule has 7 nitrogen and oxygen atoms in total. The molecule has 2 N–H and O–H groups in total. The Morgan fingerprint density at radius 2 is 1.66 bits per heavy atom. The van der Waals surface area contributed by atoms with Crippen LogP contribution in [0.5, 0.6) is 0 Å². The van der Waals surface area contributed by atoms with Crippen LogP contribution in [0.25, 0.3) is 11.1 Å². The van der Waals surface area contributed by atoms with Gasteiger partial charge in [0.15, 0.2) is 0 Å². The molecule has 1 aliphatic heterocycles. The van der Waals surface area contributed by atoms with Crippen molar-refractivity contribution in [3.63, 3.8) is 0 Å². The van der Waals surface area contributed by atoms with Crippen molar-refractivity contribution in [2.24, 2.45) is 11.8 Å². The summed E-state index contributed by atoms with van der Waals surface area (Å²) >= 11 is 0. The highest BCUT2D eigenvalue weighted by Gasteiger charge is 2.38. The van der Waals surface area contributed by atoms with Crippen LogP contribution in [0, 0.1) is 11.8 Å². The van der Waals surface area contributed by atoms with Gasteiger partial charge in [0.05, 0.1) is 0 Å². The molecule has 2 amide bonds. The van der Waals surface area contributed by atoms with Crippen LogP contribution in [0.15, 0.2) is 48.5 Å². The number of alkyl carbamates (subject to hydrolysis) is 1. The van der Waals surface area contributed by atoms with E-state index in [9.17, 15) is 19.5 Å². The van der Waals surface area contributed by atoms with Gasteiger partial charge >= 0.3 is 12.1 Å². The van der Waals surface area contributed by atoms with Crippen LogP contribution in [0.2, 0.25) is 0 Å². The highest BCUT2D eigenvalue weighted by molar-refractivity contribution is 5.89. The third kappa shape index (κ3) is 5.34. The number of carbonyl (C=O) groups excluding carboxylic acids is 2. The van der Waals surface area contributed by atoms with Crippen molar-refractivity contribution >= 4 is 18.0 Å². The largest absolute Gasteiger partial charge is 0.480 e. The van der Waals surface area contributed by atoms with Crippen LogP contribution in [0.4, 0.5) is 4.79 Å². The summed E-state index contributed by atoms with van der Waals surface area (Å²) in [4.78, 5) is 39.5. The van der Waals surface area contributed by atoms with Crippen molar-refractivity contribution < 1.29 is 24.2 Å².